The highest BCUT2D eigenvalue weighted by Gasteiger charge is 2.22. The van der Waals surface area contributed by atoms with E-state index in [-0.39, 0.29) is 0 Å². The van der Waals surface area contributed by atoms with E-state index >= 15 is 0 Å². The lowest BCUT2D eigenvalue weighted by Gasteiger charge is -2.37. The first-order valence-electron chi connectivity index (χ1n) is 6.86. The van der Waals surface area contributed by atoms with Gasteiger partial charge in [-0.05, 0) is 12.1 Å². The maximum absolute atomic E-state index is 6.26. The number of anilines is 1. The van der Waals surface area contributed by atoms with Gasteiger partial charge in [0.1, 0.15) is 0 Å². The number of para-hydroxylation sites is 1. The van der Waals surface area contributed by atoms with E-state index in [9.17, 15) is 0 Å². The first-order chi connectivity index (χ1) is 9.33. The van der Waals surface area contributed by atoms with Crippen LogP contribution in [0.25, 0.3) is 0 Å². The number of nitrogens with zero attached hydrogens (tertiary/aromatic N) is 2. The van der Waals surface area contributed by atoms with Crippen LogP contribution in [0.2, 0.25) is 5.02 Å². The number of piperazine rings is 1. The third-order valence-electron chi connectivity index (χ3n) is 3.84. The van der Waals surface area contributed by atoms with E-state index in [4.69, 9.17) is 11.6 Å². The quantitative estimate of drug-likeness (QED) is 0.921. The molecule has 0 aromatic heterocycles. The molecule has 19 heavy (non-hydrogen) atoms. The van der Waals surface area contributed by atoms with Gasteiger partial charge in [-0.25, -0.2) is 0 Å². The Morgan fingerprint density at radius 2 is 2.00 bits per heavy atom. The normalized spacial score (nSPS) is 24.9. The zero-order valence-electron chi connectivity index (χ0n) is 11.0. The summed E-state index contributed by atoms with van der Waals surface area (Å²) in [6, 6.07) is 8.83. The molecule has 1 aromatic carbocycles. The zero-order valence-corrected chi connectivity index (χ0v) is 12.6. The summed E-state index contributed by atoms with van der Waals surface area (Å²) in [5.74, 6) is 2.37. The number of hydrogen-bond donors (Lipinski definition) is 1. The third kappa shape index (κ3) is 3.37. The topological polar surface area (TPSA) is 18.5 Å². The molecule has 0 spiro atoms. The van der Waals surface area contributed by atoms with Crippen molar-refractivity contribution in [2.45, 2.75) is 6.04 Å². The molecular formula is C14H20ClN3S. The average molecular weight is 298 g/mol. The van der Waals surface area contributed by atoms with Gasteiger partial charge in [0, 0.05) is 50.4 Å². The van der Waals surface area contributed by atoms with Gasteiger partial charge in [-0.15, -0.1) is 11.8 Å². The molecule has 2 saturated heterocycles. The molecular weight excluding hydrogens is 278 g/mol. The molecule has 0 amide bonds. The molecule has 0 radical (unpaired) electrons. The van der Waals surface area contributed by atoms with Crippen LogP contribution in [-0.2, 0) is 0 Å². The lowest BCUT2D eigenvalue weighted by atomic mass is 10.2. The fraction of sp³-hybridized carbons (Fsp3) is 0.571. The largest absolute Gasteiger partial charge is 0.368 e. The molecule has 0 saturated carbocycles. The van der Waals surface area contributed by atoms with Crippen LogP contribution >= 0.6 is 23.4 Å². The lowest BCUT2D eigenvalue weighted by molar-refractivity contribution is 0.240. The lowest BCUT2D eigenvalue weighted by Crippen LogP contribution is -2.50. The molecule has 1 unspecified atom stereocenters. The molecule has 104 valence electrons. The SMILES string of the molecule is Clc1ccccc1N1CCN(CC2CSCN2)CC1. The number of rotatable bonds is 3. The van der Waals surface area contributed by atoms with Crippen molar-refractivity contribution in [1.29, 1.82) is 0 Å². The predicted octanol–water partition coefficient (Wildman–Crippen LogP) is 2.12. The van der Waals surface area contributed by atoms with Crippen LogP contribution in [0.4, 0.5) is 5.69 Å². The van der Waals surface area contributed by atoms with Gasteiger partial charge in [0.2, 0.25) is 0 Å². The maximum atomic E-state index is 6.26. The summed E-state index contributed by atoms with van der Waals surface area (Å²) in [6.45, 7) is 5.60. The second-order valence-corrected chi connectivity index (χ2v) is 6.59. The smallest absolute Gasteiger partial charge is 0.0639 e. The minimum atomic E-state index is 0.678. The molecule has 2 fully saturated rings. The van der Waals surface area contributed by atoms with Crippen molar-refractivity contribution in [2.75, 3.05) is 49.3 Å². The van der Waals surface area contributed by atoms with Crippen molar-refractivity contribution >= 4 is 29.1 Å². The number of halogens is 1. The maximum Gasteiger partial charge on any atom is 0.0639 e. The Morgan fingerprint density at radius 1 is 1.21 bits per heavy atom. The number of nitrogens with one attached hydrogen (secondary N) is 1. The van der Waals surface area contributed by atoms with Crippen LogP contribution < -0.4 is 10.2 Å². The molecule has 5 heteroatoms. The summed E-state index contributed by atoms with van der Waals surface area (Å²) in [6.07, 6.45) is 0. The zero-order chi connectivity index (χ0) is 13.1. The van der Waals surface area contributed by atoms with E-state index < -0.39 is 0 Å². The van der Waals surface area contributed by atoms with Crippen LogP contribution in [0.3, 0.4) is 0 Å². The monoisotopic (exact) mass is 297 g/mol. The van der Waals surface area contributed by atoms with E-state index in [1.165, 1.54) is 18.0 Å². The standard InChI is InChI=1S/C14H20ClN3S/c15-13-3-1-2-4-14(13)18-7-5-17(6-8-18)9-12-10-19-11-16-12/h1-4,12,16H,5-11H2. The van der Waals surface area contributed by atoms with E-state index in [1.807, 2.05) is 23.9 Å². The van der Waals surface area contributed by atoms with Gasteiger partial charge in [0.15, 0.2) is 0 Å². The van der Waals surface area contributed by atoms with Gasteiger partial charge >= 0.3 is 0 Å². The fourth-order valence-corrected chi connectivity index (χ4v) is 3.98. The number of benzene rings is 1. The van der Waals surface area contributed by atoms with Gasteiger partial charge < -0.3 is 10.2 Å². The summed E-state index contributed by atoms with van der Waals surface area (Å²) in [5.41, 5.74) is 1.18. The van der Waals surface area contributed by atoms with Crippen molar-refractivity contribution < 1.29 is 0 Å². The summed E-state index contributed by atoms with van der Waals surface area (Å²) in [4.78, 5) is 4.96. The molecule has 1 N–H and O–H groups in total. The molecule has 3 rings (SSSR count). The molecule has 1 aromatic rings. The van der Waals surface area contributed by atoms with Crippen molar-refractivity contribution in [2.24, 2.45) is 0 Å². The minimum Gasteiger partial charge on any atom is -0.368 e. The highest BCUT2D eigenvalue weighted by Crippen LogP contribution is 2.26. The van der Waals surface area contributed by atoms with Crippen LogP contribution in [0.5, 0.6) is 0 Å². The molecule has 2 heterocycles. The van der Waals surface area contributed by atoms with Gasteiger partial charge in [-0.1, -0.05) is 23.7 Å². The molecule has 2 aliphatic rings. The van der Waals surface area contributed by atoms with Crippen LogP contribution in [0.15, 0.2) is 24.3 Å². The van der Waals surface area contributed by atoms with E-state index in [0.29, 0.717) is 6.04 Å². The van der Waals surface area contributed by atoms with Crippen molar-refractivity contribution in [1.82, 2.24) is 10.2 Å². The minimum absolute atomic E-state index is 0.678. The van der Waals surface area contributed by atoms with Gasteiger partial charge in [0.05, 0.1) is 10.7 Å². The Balaban J connectivity index is 1.53. The Bertz CT molecular complexity index is 415. The van der Waals surface area contributed by atoms with Crippen LogP contribution in [0, 0.1) is 0 Å². The predicted molar refractivity (Wildman–Crippen MR) is 84.4 cm³/mol. The Labute approximate surface area is 124 Å². The number of hydrogen-bond acceptors (Lipinski definition) is 4. The van der Waals surface area contributed by atoms with Crippen molar-refractivity contribution in [3.05, 3.63) is 29.3 Å². The highest BCUT2D eigenvalue weighted by molar-refractivity contribution is 7.99. The highest BCUT2D eigenvalue weighted by atomic mass is 35.5. The Kier molecular flexibility index (Phi) is 4.53. The second-order valence-electron chi connectivity index (χ2n) is 5.16. The Morgan fingerprint density at radius 3 is 2.68 bits per heavy atom. The number of thioether (sulfide) groups is 1. The molecule has 0 bridgehead atoms. The van der Waals surface area contributed by atoms with Gasteiger partial charge in [-0.3, -0.25) is 4.90 Å². The van der Waals surface area contributed by atoms with Gasteiger partial charge in [-0.2, -0.15) is 0 Å². The summed E-state index contributed by atoms with van der Waals surface area (Å²) < 4.78 is 0. The van der Waals surface area contributed by atoms with Crippen LogP contribution in [0.1, 0.15) is 0 Å². The second kappa shape index (κ2) is 6.35. The first-order valence-corrected chi connectivity index (χ1v) is 8.39. The molecule has 3 nitrogen and oxygen atoms in total. The fourth-order valence-electron chi connectivity index (χ4n) is 2.75. The first kappa shape index (κ1) is 13.6. The van der Waals surface area contributed by atoms with Crippen molar-refractivity contribution in [3.8, 4) is 0 Å². The van der Waals surface area contributed by atoms with E-state index in [0.717, 1.165) is 37.1 Å². The van der Waals surface area contributed by atoms with Crippen LogP contribution in [-0.4, -0.2) is 55.3 Å². The van der Waals surface area contributed by atoms with Gasteiger partial charge in [0.25, 0.3) is 0 Å². The van der Waals surface area contributed by atoms with Crippen molar-refractivity contribution in [3.63, 3.8) is 0 Å². The third-order valence-corrected chi connectivity index (χ3v) is 5.17. The average Bonchev–Trinajstić information content (AvgIpc) is 2.93. The Hall–Kier alpha value is -0.420. The molecule has 2 aliphatic heterocycles. The molecule has 1 atom stereocenters. The van der Waals surface area contributed by atoms with E-state index in [2.05, 4.69) is 27.2 Å². The van der Waals surface area contributed by atoms with E-state index in [1.54, 1.807) is 0 Å². The summed E-state index contributed by atoms with van der Waals surface area (Å²) >= 11 is 8.27. The summed E-state index contributed by atoms with van der Waals surface area (Å²) in [5, 5.41) is 4.41. The summed E-state index contributed by atoms with van der Waals surface area (Å²) in [7, 11) is 0. The molecule has 0 aliphatic carbocycles.